The second-order valence-electron chi connectivity index (χ2n) is 8.64. The second-order valence-corrected chi connectivity index (χ2v) is 8.64. The van der Waals surface area contributed by atoms with Gasteiger partial charge in [0.25, 0.3) is 5.56 Å². The van der Waals surface area contributed by atoms with Gasteiger partial charge >= 0.3 is 5.97 Å². The molecule has 2 heterocycles. The summed E-state index contributed by atoms with van der Waals surface area (Å²) in [6.07, 6.45) is 2.41. The van der Waals surface area contributed by atoms with E-state index in [1.54, 1.807) is 49.2 Å². The van der Waals surface area contributed by atoms with Crippen molar-refractivity contribution in [3.8, 4) is 5.75 Å². The summed E-state index contributed by atoms with van der Waals surface area (Å²) in [5.74, 6) is 0.923. The molecule has 0 bridgehead atoms. The molecule has 3 rings (SSSR count). The fourth-order valence-electron chi connectivity index (χ4n) is 3.86. The molecule has 2 aromatic heterocycles. The predicted octanol–water partition coefficient (Wildman–Crippen LogP) is 3.48. The number of hydrogen-bond acceptors (Lipinski definition) is 7. The second kappa shape index (κ2) is 10.7. The van der Waals surface area contributed by atoms with Gasteiger partial charge in [-0.05, 0) is 51.5 Å². The van der Waals surface area contributed by atoms with Crippen LogP contribution >= 0.6 is 0 Å². The number of hydrogen-bond donors (Lipinski definition) is 1. The first-order valence-corrected chi connectivity index (χ1v) is 11.9. The van der Waals surface area contributed by atoms with E-state index in [9.17, 15) is 9.59 Å². The molecule has 0 amide bonds. The average molecular weight is 470 g/mol. The number of esters is 1. The Morgan fingerprint density at radius 3 is 2.47 bits per heavy atom. The van der Waals surface area contributed by atoms with E-state index >= 15 is 0 Å². The van der Waals surface area contributed by atoms with Crippen LogP contribution in [0.15, 0.2) is 29.1 Å². The summed E-state index contributed by atoms with van der Waals surface area (Å²) >= 11 is 0. The standard InChI is InChI=1S/C25H35N5O4/c1-7-10-19-21-22(29(6)28-19)23(31)30(20(8-2)27-21)16-15-26-17-11-13-18(14-12-17)34-25(4,5)24(32)33-9-3/h11-14,26H,7-10,15-16H2,1-6H3. The first-order chi connectivity index (χ1) is 16.2. The number of nitrogens with one attached hydrogen (secondary N) is 1. The summed E-state index contributed by atoms with van der Waals surface area (Å²) in [6, 6.07) is 7.34. The number of aromatic nitrogens is 4. The molecule has 0 saturated carbocycles. The molecule has 0 aliphatic rings. The zero-order valence-corrected chi connectivity index (χ0v) is 21.0. The third-order valence-corrected chi connectivity index (χ3v) is 5.55. The van der Waals surface area contributed by atoms with Crippen LogP contribution in [-0.2, 0) is 36.0 Å². The highest BCUT2D eigenvalue weighted by molar-refractivity contribution is 5.79. The van der Waals surface area contributed by atoms with Crippen molar-refractivity contribution in [1.82, 2.24) is 19.3 Å². The number of anilines is 1. The SMILES string of the molecule is CCCc1nn(C)c2c(=O)n(CCNc3ccc(OC(C)(C)C(=O)OCC)cc3)c(CC)nc12. The molecule has 9 nitrogen and oxygen atoms in total. The Morgan fingerprint density at radius 1 is 1.15 bits per heavy atom. The largest absolute Gasteiger partial charge is 0.476 e. The van der Waals surface area contributed by atoms with Gasteiger partial charge in [-0.3, -0.25) is 14.0 Å². The third-order valence-electron chi connectivity index (χ3n) is 5.55. The Balaban J connectivity index is 1.70. The molecule has 9 heteroatoms. The van der Waals surface area contributed by atoms with E-state index < -0.39 is 11.6 Å². The van der Waals surface area contributed by atoms with Crippen LogP contribution in [0.4, 0.5) is 5.69 Å². The van der Waals surface area contributed by atoms with Crippen LogP contribution in [0.3, 0.4) is 0 Å². The van der Waals surface area contributed by atoms with Gasteiger partial charge in [-0.1, -0.05) is 20.3 Å². The van der Waals surface area contributed by atoms with E-state index in [0.717, 1.165) is 35.6 Å². The highest BCUT2D eigenvalue weighted by Crippen LogP contribution is 2.22. The molecule has 0 radical (unpaired) electrons. The third kappa shape index (κ3) is 5.40. The summed E-state index contributed by atoms with van der Waals surface area (Å²) in [5.41, 5.74) is 1.89. The molecule has 1 aromatic carbocycles. The van der Waals surface area contributed by atoms with Gasteiger partial charge in [-0.15, -0.1) is 0 Å². The summed E-state index contributed by atoms with van der Waals surface area (Å²) in [5, 5.41) is 7.86. The van der Waals surface area contributed by atoms with E-state index in [1.807, 2.05) is 19.1 Å². The number of aryl methyl sites for hydroxylation is 3. The van der Waals surface area contributed by atoms with Gasteiger partial charge in [0.15, 0.2) is 11.1 Å². The molecule has 184 valence electrons. The molecule has 0 atom stereocenters. The minimum atomic E-state index is -1.07. The maximum Gasteiger partial charge on any atom is 0.349 e. The van der Waals surface area contributed by atoms with Gasteiger partial charge < -0.3 is 14.8 Å². The molecule has 0 aliphatic carbocycles. The van der Waals surface area contributed by atoms with Crippen LogP contribution in [0.1, 0.15) is 52.6 Å². The topological polar surface area (TPSA) is 100 Å². The Labute approximate surface area is 200 Å². The number of carbonyl (C=O) groups excluding carboxylic acids is 1. The molecule has 0 fully saturated rings. The minimum absolute atomic E-state index is 0.0639. The van der Waals surface area contributed by atoms with Crippen molar-refractivity contribution in [3.63, 3.8) is 0 Å². The minimum Gasteiger partial charge on any atom is -0.476 e. The first-order valence-electron chi connectivity index (χ1n) is 11.9. The van der Waals surface area contributed by atoms with E-state index in [0.29, 0.717) is 37.4 Å². The summed E-state index contributed by atoms with van der Waals surface area (Å²) < 4.78 is 14.2. The number of ether oxygens (including phenoxy) is 2. The van der Waals surface area contributed by atoms with Gasteiger partial charge in [0.1, 0.15) is 17.1 Å². The summed E-state index contributed by atoms with van der Waals surface area (Å²) in [7, 11) is 1.80. The van der Waals surface area contributed by atoms with Gasteiger partial charge in [0, 0.05) is 32.2 Å². The van der Waals surface area contributed by atoms with E-state index in [2.05, 4.69) is 17.3 Å². The number of carbonyl (C=O) groups is 1. The molecule has 3 aromatic rings. The van der Waals surface area contributed by atoms with Crippen molar-refractivity contribution < 1.29 is 14.3 Å². The molecule has 1 N–H and O–H groups in total. The Bertz CT molecular complexity index is 1190. The Kier molecular flexibility index (Phi) is 7.96. The van der Waals surface area contributed by atoms with Crippen molar-refractivity contribution in [2.24, 2.45) is 7.05 Å². The van der Waals surface area contributed by atoms with E-state index in [1.165, 1.54) is 0 Å². The molecule has 0 aliphatic heterocycles. The lowest BCUT2D eigenvalue weighted by atomic mass is 10.1. The number of nitrogens with zero attached hydrogens (tertiary/aromatic N) is 4. The molecular formula is C25H35N5O4. The van der Waals surface area contributed by atoms with E-state index in [4.69, 9.17) is 14.5 Å². The summed E-state index contributed by atoms with van der Waals surface area (Å²) in [6.45, 7) is 10.6. The fraction of sp³-hybridized carbons (Fsp3) is 0.520. The van der Waals surface area contributed by atoms with Crippen molar-refractivity contribution in [2.45, 2.75) is 66.0 Å². The van der Waals surface area contributed by atoms with Gasteiger partial charge in [0.2, 0.25) is 0 Å². The van der Waals surface area contributed by atoms with Crippen LogP contribution in [0.5, 0.6) is 5.75 Å². The Morgan fingerprint density at radius 2 is 1.85 bits per heavy atom. The number of fused-ring (bicyclic) bond motifs is 1. The highest BCUT2D eigenvalue weighted by atomic mass is 16.6. The molecule has 0 spiro atoms. The smallest absolute Gasteiger partial charge is 0.349 e. The fourth-order valence-corrected chi connectivity index (χ4v) is 3.86. The molecule has 0 saturated heterocycles. The lowest BCUT2D eigenvalue weighted by Gasteiger charge is -2.24. The number of rotatable bonds is 11. The van der Waals surface area contributed by atoms with Crippen LogP contribution in [-0.4, -0.2) is 44.1 Å². The van der Waals surface area contributed by atoms with Gasteiger partial charge in [0.05, 0.1) is 12.3 Å². The quantitative estimate of drug-likeness (QED) is 0.429. The van der Waals surface area contributed by atoms with Crippen molar-refractivity contribution in [2.75, 3.05) is 18.5 Å². The summed E-state index contributed by atoms with van der Waals surface area (Å²) in [4.78, 5) is 30.1. The van der Waals surface area contributed by atoms with Crippen LogP contribution < -0.4 is 15.6 Å². The first kappa shape index (κ1) is 25.3. The maximum atomic E-state index is 13.2. The monoisotopic (exact) mass is 469 g/mol. The number of benzene rings is 1. The maximum absolute atomic E-state index is 13.2. The van der Waals surface area contributed by atoms with Gasteiger partial charge in [-0.25, -0.2) is 9.78 Å². The van der Waals surface area contributed by atoms with Crippen LogP contribution in [0.2, 0.25) is 0 Å². The molecular weight excluding hydrogens is 434 g/mol. The zero-order chi connectivity index (χ0) is 24.9. The van der Waals surface area contributed by atoms with Gasteiger partial charge in [-0.2, -0.15) is 5.10 Å². The highest BCUT2D eigenvalue weighted by Gasteiger charge is 2.31. The lowest BCUT2D eigenvalue weighted by molar-refractivity contribution is -0.158. The van der Waals surface area contributed by atoms with Crippen molar-refractivity contribution in [1.29, 1.82) is 0 Å². The van der Waals surface area contributed by atoms with E-state index in [-0.39, 0.29) is 5.56 Å². The lowest BCUT2D eigenvalue weighted by Crippen LogP contribution is -2.39. The zero-order valence-electron chi connectivity index (χ0n) is 21.0. The molecule has 34 heavy (non-hydrogen) atoms. The van der Waals surface area contributed by atoms with Crippen molar-refractivity contribution in [3.05, 3.63) is 46.1 Å². The van der Waals surface area contributed by atoms with Crippen molar-refractivity contribution >= 4 is 22.7 Å². The van der Waals surface area contributed by atoms with Crippen LogP contribution in [0.25, 0.3) is 11.0 Å². The Hall–Kier alpha value is -3.36. The molecule has 0 unspecified atom stereocenters. The average Bonchev–Trinajstić information content (AvgIpc) is 3.11. The van der Waals surface area contributed by atoms with Crippen LogP contribution in [0, 0.1) is 0 Å². The predicted molar refractivity (Wildman–Crippen MR) is 132 cm³/mol. The normalized spacial score (nSPS) is 11.6.